The molecule has 0 unspecified atom stereocenters. The fourth-order valence-electron chi connectivity index (χ4n) is 6.70. The molecular weight excluding hydrogens is 582 g/mol. The lowest BCUT2D eigenvalue weighted by molar-refractivity contribution is 0.219. The summed E-state index contributed by atoms with van der Waals surface area (Å²) in [6.07, 6.45) is 4.20. The van der Waals surface area contributed by atoms with Crippen molar-refractivity contribution in [2.75, 3.05) is 13.2 Å². The Balaban J connectivity index is 2.08. The van der Waals surface area contributed by atoms with Crippen LogP contribution in [0.25, 0.3) is 21.7 Å². The van der Waals surface area contributed by atoms with Crippen molar-refractivity contribution in [1.82, 2.24) is 9.55 Å². The predicted octanol–water partition coefficient (Wildman–Crippen LogP) is 9.48. The Morgan fingerprint density at radius 2 is 1.53 bits per heavy atom. The Morgan fingerprint density at radius 1 is 0.953 bits per heavy atom. The largest absolute Gasteiger partial charge is 0.541 e. The highest BCUT2D eigenvalue weighted by atomic mass is 31.2. The molecule has 0 fully saturated rings. The summed E-state index contributed by atoms with van der Waals surface area (Å²) in [6.45, 7) is 17.4. The van der Waals surface area contributed by atoms with Gasteiger partial charge in [0.05, 0.1) is 24.8 Å². The van der Waals surface area contributed by atoms with E-state index in [2.05, 4.69) is 41.5 Å². The van der Waals surface area contributed by atoms with Gasteiger partial charge in [0, 0.05) is 30.2 Å². The number of pyridine rings is 1. The molecule has 0 aliphatic carbocycles. The zero-order valence-electron chi connectivity index (χ0n) is 26.9. The van der Waals surface area contributed by atoms with E-state index in [0.29, 0.717) is 23.1 Å². The normalized spacial score (nSPS) is 12.9. The minimum absolute atomic E-state index is 0.00814. The van der Waals surface area contributed by atoms with Crippen LogP contribution in [0.4, 0.5) is 4.39 Å². The predicted molar refractivity (Wildman–Crippen MR) is 175 cm³/mol. The van der Waals surface area contributed by atoms with Crippen LogP contribution in [0.15, 0.2) is 42.7 Å². The summed E-state index contributed by atoms with van der Waals surface area (Å²) in [5.41, 5.74) is 4.04. The first-order valence-corrected chi connectivity index (χ1v) is 19.1. The van der Waals surface area contributed by atoms with Gasteiger partial charge in [-0.05, 0) is 71.8 Å². The number of aromatic hydroxyl groups is 1. The Kier molecular flexibility index (Phi) is 10.1. The molecule has 4 aromatic rings. The minimum Gasteiger partial charge on any atom is -0.541 e. The summed E-state index contributed by atoms with van der Waals surface area (Å²) in [4.78, 5) is 4.97. The van der Waals surface area contributed by atoms with Gasteiger partial charge in [-0.3, -0.25) is 9.55 Å². The summed E-state index contributed by atoms with van der Waals surface area (Å²) in [7, 11) is -4.24. The van der Waals surface area contributed by atoms with Gasteiger partial charge in [-0.2, -0.15) is 0 Å². The maximum absolute atomic E-state index is 14.0. The smallest absolute Gasteiger partial charge is 0.335 e. The van der Waals surface area contributed by atoms with Crippen molar-refractivity contribution in [3.05, 3.63) is 65.2 Å². The van der Waals surface area contributed by atoms with Gasteiger partial charge in [0.25, 0.3) is 8.32 Å². The van der Waals surface area contributed by atoms with E-state index in [1.54, 1.807) is 37.6 Å². The average Bonchev–Trinajstić information content (AvgIpc) is 3.23. The molecule has 0 spiro atoms. The van der Waals surface area contributed by atoms with E-state index >= 15 is 0 Å². The highest BCUT2D eigenvalue weighted by Gasteiger charge is 2.48. The molecule has 0 saturated heterocycles. The summed E-state index contributed by atoms with van der Waals surface area (Å²) in [5, 5.41) is 13.5. The van der Waals surface area contributed by atoms with Gasteiger partial charge in [-0.15, -0.1) is 0 Å². The number of aryl methyl sites for hydroxylation is 1. The zero-order chi connectivity index (χ0) is 31.7. The van der Waals surface area contributed by atoms with E-state index in [1.165, 1.54) is 12.1 Å². The van der Waals surface area contributed by atoms with Crippen molar-refractivity contribution < 1.29 is 27.5 Å². The van der Waals surface area contributed by atoms with Crippen molar-refractivity contribution >= 4 is 37.6 Å². The first-order chi connectivity index (χ1) is 20.3. The molecule has 0 radical (unpaired) electrons. The van der Waals surface area contributed by atoms with Gasteiger partial charge < -0.3 is 23.1 Å². The molecule has 0 aliphatic rings. The van der Waals surface area contributed by atoms with E-state index < -0.39 is 15.9 Å². The molecule has 7 nitrogen and oxygen atoms in total. The van der Waals surface area contributed by atoms with E-state index in [4.69, 9.17) is 18.5 Å². The maximum Gasteiger partial charge on any atom is 0.335 e. The summed E-state index contributed by atoms with van der Waals surface area (Å²) >= 11 is 0. The molecule has 2 aromatic heterocycles. The monoisotopic (exact) mass is 628 g/mol. The van der Waals surface area contributed by atoms with Gasteiger partial charge >= 0.3 is 7.60 Å². The summed E-state index contributed by atoms with van der Waals surface area (Å²) in [5.74, 6) is 0.337. The number of hydrogen-bond donors (Lipinski definition) is 1. The molecule has 234 valence electrons. The Hall–Kier alpha value is -2.71. The second kappa shape index (κ2) is 13.1. The van der Waals surface area contributed by atoms with Gasteiger partial charge in [-0.1, -0.05) is 53.7 Å². The first kappa shape index (κ1) is 33.2. The number of benzene rings is 2. The van der Waals surface area contributed by atoms with Crippen LogP contribution in [-0.4, -0.2) is 36.2 Å². The first-order valence-electron chi connectivity index (χ1n) is 15.2. The average molecular weight is 629 g/mol. The Morgan fingerprint density at radius 3 is 2.07 bits per heavy atom. The van der Waals surface area contributed by atoms with Crippen molar-refractivity contribution in [3.63, 3.8) is 0 Å². The molecular formula is C33H46FN2O5PSi. The van der Waals surface area contributed by atoms with E-state index in [9.17, 15) is 14.1 Å². The van der Waals surface area contributed by atoms with Gasteiger partial charge in [0.2, 0.25) is 5.88 Å². The topological polar surface area (TPSA) is 82.8 Å². The van der Waals surface area contributed by atoms with Gasteiger partial charge in [0.15, 0.2) is 0 Å². The van der Waals surface area contributed by atoms with E-state index in [-0.39, 0.29) is 47.7 Å². The van der Waals surface area contributed by atoms with E-state index in [0.717, 1.165) is 27.5 Å². The highest BCUT2D eigenvalue weighted by Crippen LogP contribution is 2.56. The third kappa shape index (κ3) is 6.41. The molecule has 0 amide bonds. The third-order valence-electron chi connectivity index (χ3n) is 8.50. The quantitative estimate of drug-likeness (QED) is 0.117. The van der Waals surface area contributed by atoms with Crippen molar-refractivity contribution in [2.24, 2.45) is 7.05 Å². The Labute approximate surface area is 256 Å². The van der Waals surface area contributed by atoms with Crippen LogP contribution in [0, 0.1) is 5.82 Å². The molecule has 0 aliphatic heterocycles. The van der Waals surface area contributed by atoms with Crippen LogP contribution < -0.4 is 4.43 Å². The van der Waals surface area contributed by atoms with Crippen LogP contribution in [0.5, 0.6) is 11.6 Å². The number of rotatable bonds is 13. The van der Waals surface area contributed by atoms with Crippen LogP contribution in [0.3, 0.4) is 0 Å². The van der Waals surface area contributed by atoms with Crippen LogP contribution >= 0.6 is 7.60 Å². The SMILES string of the molecule is CCOP(=O)(Cc1c2cc(Cc3ccc(F)cc3)cnc2c(O[Si](C(C)C)(C(C)C)C(C)C)c2c(O)n(C)cc12)OCC. The van der Waals surface area contributed by atoms with Crippen molar-refractivity contribution in [2.45, 2.75) is 84.6 Å². The van der Waals surface area contributed by atoms with Gasteiger partial charge in [-0.25, -0.2) is 4.39 Å². The highest BCUT2D eigenvalue weighted by molar-refractivity contribution is 7.53. The van der Waals surface area contributed by atoms with E-state index in [1.807, 2.05) is 18.5 Å². The van der Waals surface area contributed by atoms with Crippen LogP contribution in [0.2, 0.25) is 16.6 Å². The standard InChI is InChI=1S/C33H46FN2O5PSi/c1-10-39-42(38,40-11-2)20-29-27-17-25(16-24-12-14-26(34)15-13-24)18-35-31(27)32(30-28(29)19-36(9)33(30)37)41-43(21(3)4,22(5)6)23(7)8/h12-15,17-19,21-23,37H,10-11,16,20H2,1-9H3. The fourth-order valence-corrected chi connectivity index (χ4v) is 13.7. The molecule has 0 saturated carbocycles. The Bertz CT molecular complexity index is 1600. The van der Waals surface area contributed by atoms with Crippen LogP contribution in [0.1, 0.15) is 72.1 Å². The lowest BCUT2D eigenvalue weighted by Crippen LogP contribution is -2.50. The number of fused-ring (bicyclic) bond motifs is 2. The zero-order valence-corrected chi connectivity index (χ0v) is 28.8. The maximum atomic E-state index is 14.0. The number of aromatic nitrogens is 2. The van der Waals surface area contributed by atoms with Crippen molar-refractivity contribution in [1.29, 1.82) is 0 Å². The number of nitrogens with zero attached hydrogens (tertiary/aromatic N) is 2. The summed E-state index contributed by atoms with van der Waals surface area (Å²) < 4.78 is 48.0. The van der Waals surface area contributed by atoms with Crippen LogP contribution in [-0.2, 0) is 33.2 Å². The second-order valence-corrected chi connectivity index (χ2v) is 19.7. The summed E-state index contributed by atoms with van der Waals surface area (Å²) in [6, 6.07) is 8.47. The number of halogens is 1. The molecule has 4 rings (SSSR count). The molecule has 1 N–H and O–H groups in total. The minimum atomic E-state index is -3.54. The van der Waals surface area contributed by atoms with Crippen molar-refractivity contribution in [3.8, 4) is 11.6 Å². The number of hydrogen-bond acceptors (Lipinski definition) is 6. The van der Waals surface area contributed by atoms with Gasteiger partial charge in [0.1, 0.15) is 17.1 Å². The second-order valence-electron chi connectivity index (χ2n) is 12.2. The molecule has 0 atom stereocenters. The third-order valence-corrected chi connectivity index (χ3v) is 16.5. The lowest BCUT2D eigenvalue weighted by atomic mass is 9.99. The molecule has 10 heteroatoms. The molecule has 2 heterocycles. The molecule has 0 bridgehead atoms. The lowest BCUT2D eigenvalue weighted by Gasteiger charge is -2.42. The molecule has 2 aromatic carbocycles. The molecule has 43 heavy (non-hydrogen) atoms. The fraction of sp³-hybridized carbons (Fsp3) is 0.485.